The number of fused-ring (bicyclic) bond motifs is 1. The van der Waals surface area contributed by atoms with Gasteiger partial charge in [0.25, 0.3) is 0 Å². The topological polar surface area (TPSA) is 49.8 Å². The lowest BCUT2D eigenvalue weighted by Gasteiger charge is -2.31. The lowest BCUT2D eigenvalue weighted by molar-refractivity contribution is -0.185. The zero-order valence-corrected chi connectivity index (χ0v) is 19.0. The Kier molecular flexibility index (Phi) is 7.22. The first kappa shape index (κ1) is 25.6. The van der Waals surface area contributed by atoms with Crippen LogP contribution in [0.5, 0.6) is 5.75 Å². The van der Waals surface area contributed by atoms with Crippen molar-refractivity contribution in [2.75, 3.05) is 13.1 Å². The van der Waals surface area contributed by atoms with Crippen molar-refractivity contribution in [1.82, 2.24) is 4.90 Å². The maximum atomic E-state index is 14.0. The van der Waals surface area contributed by atoms with Crippen LogP contribution in [0.3, 0.4) is 0 Å². The zero-order chi connectivity index (χ0) is 25.4. The second-order valence-electron chi connectivity index (χ2n) is 9.61. The summed E-state index contributed by atoms with van der Waals surface area (Å²) in [5, 5.41) is 9.34. The zero-order valence-electron chi connectivity index (χ0n) is 19.0. The van der Waals surface area contributed by atoms with E-state index >= 15 is 0 Å². The monoisotopic (exact) mass is 503 g/mol. The van der Waals surface area contributed by atoms with Crippen LogP contribution in [-0.2, 0) is 17.5 Å². The standard InChI is InChI=1S/C25H27F6NO3/c26-24(27,28)18-3-5-19(6-4-18)35-21-8-2-17-11-15(1-7-20(17)23(21)25(29,30)31)13-32-10-9-16(14-32)12-22(33)34/h1-2,7-8,11,16,18-19H,3-6,9-10,12-14H2,(H,33,34)/t16?,18-,19+. The van der Waals surface area contributed by atoms with Gasteiger partial charge < -0.3 is 9.84 Å². The molecule has 4 nitrogen and oxygen atoms in total. The molecule has 10 heteroatoms. The van der Waals surface area contributed by atoms with Gasteiger partial charge in [-0.2, -0.15) is 26.3 Å². The van der Waals surface area contributed by atoms with Gasteiger partial charge in [0, 0.05) is 19.5 Å². The normalized spacial score (nSPS) is 24.1. The molecule has 2 aromatic carbocycles. The third kappa shape index (κ3) is 6.20. The maximum Gasteiger partial charge on any atom is 0.420 e. The molecule has 35 heavy (non-hydrogen) atoms. The molecule has 0 aromatic heterocycles. The molecule has 1 saturated heterocycles. The fourth-order valence-corrected chi connectivity index (χ4v) is 5.26. The Labute approximate surface area is 198 Å². The van der Waals surface area contributed by atoms with Crippen LogP contribution in [0.2, 0.25) is 0 Å². The Morgan fingerprint density at radius 1 is 1.00 bits per heavy atom. The Bertz CT molecular complexity index is 1060. The first-order chi connectivity index (χ1) is 16.4. The van der Waals surface area contributed by atoms with Gasteiger partial charge in [0.15, 0.2) is 0 Å². The van der Waals surface area contributed by atoms with Gasteiger partial charge in [-0.15, -0.1) is 0 Å². The van der Waals surface area contributed by atoms with E-state index in [1.54, 1.807) is 18.2 Å². The van der Waals surface area contributed by atoms with Crippen molar-refractivity contribution in [2.45, 2.75) is 63.5 Å². The highest BCUT2D eigenvalue weighted by Gasteiger charge is 2.42. The number of aliphatic carboxylic acids is 1. The second kappa shape index (κ2) is 9.87. The van der Waals surface area contributed by atoms with E-state index in [0.29, 0.717) is 18.5 Å². The summed E-state index contributed by atoms with van der Waals surface area (Å²) < 4.78 is 86.5. The van der Waals surface area contributed by atoms with Crippen molar-refractivity contribution in [3.8, 4) is 5.75 Å². The maximum absolute atomic E-state index is 14.0. The molecule has 1 atom stereocenters. The number of benzene rings is 2. The number of carboxylic acid groups (broad SMARTS) is 1. The minimum Gasteiger partial charge on any atom is -0.490 e. The summed E-state index contributed by atoms with van der Waals surface area (Å²) in [6.45, 7) is 1.86. The molecule has 0 amide bonds. The fraction of sp³-hybridized carbons (Fsp3) is 0.560. The number of hydrogen-bond acceptors (Lipinski definition) is 3. The minimum absolute atomic E-state index is 0.0205. The summed E-state index contributed by atoms with van der Waals surface area (Å²) in [6.07, 6.45) is -9.03. The number of rotatable bonds is 6. The van der Waals surface area contributed by atoms with Crippen LogP contribution in [0.1, 0.15) is 49.7 Å². The first-order valence-electron chi connectivity index (χ1n) is 11.7. The summed E-state index contributed by atoms with van der Waals surface area (Å²) in [5.74, 6) is -2.57. The van der Waals surface area contributed by atoms with E-state index in [2.05, 4.69) is 4.90 Å². The molecule has 0 spiro atoms. The van der Waals surface area contributed by atoms with Crippen LogP contribution in [0.4, 0.5) is 26.3 Å². The van der Waals surface area contributed by atoms with E-state index in [4.69, 9.17) is 9.84 Å². The molecular weight excluding hydrogens is 476 g/mol. The smallest absolute Gasteiger partial charge is 0.420 e. The summed E-state index contributed by atoms with van der Waals surface area (Å²) >= 11 is 0. The van der Waals surface area contributed by atoms with Crippen LogP contribution in [0, 0.1) is 11.8 Å². The van der Waals surface area contributed by atoms with Crippen molar-refractivity contribution >= 4 is 16.7 Å². The molecule has 2 aromatic rings. The number of alkyl halides is 6. The summed E-state index contributed by atoms with van der Waals surface area (Å²) in [5.41, 5.74) is -0.0945. The van der Waals surface area contributed by atoms with Crippen LogP contribution in [0.15, 0.2) is 30.3 Å². The van der Waals surface area contributed by atoms with Crippen LogP contribution >= 0.6 is 0 Å². The van der Waals surface area contributed by atoms with Crippen LogP contribution < -0.4 is 4.74 Å². The molecule has 2 fully saturated rings. The molecule has 1 N–H and O–H groups in total. The minimum atomic E-state index is -4.70. The third-order valence-corrected chi connectivity index (χ3v) is 7.00. The van der Waals surface area contributed by atoms with E-state index in [9.17, 15) is 31.1 Å². The molecule has 1 aliphatic heterocycles. The Morgan fingerprint density at radius 3 is 2.34 bits per heavy atom. The average molecular weight is 503 g/mol. The van der Waals surface area contributed by atoms with E-state index in [0.717, 1.165) is 18.5 Å². The van der Waals surface area contributed by atoms with Gasteiger partial charge in [-0.3, -0.25) is 9.69 Å². The largest absolute Gasteiger partial charge is 0.490 e. The number of ether oxygens (including phenoxy) is 1. The summed E-state index contributed by atoms with van der Waals surface area (Å²) in [4.78, 5) is 13.0. The molecular formula is C25H27F6NO3. The molecule has 1 heterocycles. The van der Waals surface area contributed by atoms with Gasteiger partial charge in [-0.05, 0) is 73.0 Å². The number of carboxylic acids is 1. The average Bonchev–Trinajstić information content (AvgIpc) is 3.18. The van der Waals surface area contributed by atoms with Gasteiger partial charge in [-0.1, -0.05) is 18.2 Å². The van der Waals surface area contributed by atoms with Crippen molar-refractivity contribution in [1.29, 1.82) is 0 Å². The van der Waals surface area contributed by atoms with Crippen molar-refractivity contribution in [3.05, 3.63) is 41.5 Å². The molecule has 1 aliphatic carbocycles. The van der Waals surface area contributed by atoms with Crippen molar-refractivity contribution in [2.24, 2.45) is 11.8 Å². The number of nitrogens with zero attached hydrogens (tertiary/aromatic N) is 1. The predicted octanol–water partition coefficient (Wildman–Crippen LogP) is 6.66. The highest BCUT2D eigenvalue weighted by atomic mass is 19.4. The number of carbonyl (C=O) groups is 1. The van der Waals surface area contributed by atoms with Crippen LogP contribution in [-0.4, -0.2) is 41.3 Å². The third-order valence-electron chi connectivity index (χ3n) is 7.00. The molecule has 1 saturated carbocycles. The lowest BCUT2D eigenvalue weighted by Crippen LogP contribution is -2.32. The molecule has 0 radical (unpaired) electrons. The number of halogens is 6. The predicted molar refractivity (Wildman–Crippen MR) is 117 cm³/mol. The summed E-state index contributed by atoms with van der Waals surface area (Å²) in [7, 11) is 0. The quantitative estimate of drug-likeness (QED) is 0.448. The molecule has 2 aliphatic rings. The van der Waals surface area contributed by atoms with E-state index in [1.165, 1.54) is 12.1 Å². The Balaban J connectivity index is 1.51. The van der Waals surface area contributed by atoms with Gasteiger partial charge in [0.2, 0.25) is 0 Å². The van der Waals surface area contributed by atoms with Crippen molar-refractivity contribution in [3.63, 3.8) is 0 Å². The second-order valence-corrected chi connectivity index (χ2v) is 9.61. The van der Waals surface area contributed by atoms with Crippen molar-refractivity contribution < 1.29 is 41.0 Å². The lowest BCUT2D eigenvalue weighted by atomic mass is 9.87. The highest BCUT2D eigenvalue weighted by molar-refractivity contribution is 5.89. The Hall–Kier alpha value is -2.49. The Morgan fingerprint density at radius 2 is 1.71 bits per heavy atom. The van der Waals surface area contributed by atoms with Gasteiger partial charge >= 0.3 is 18.3 Å². The molecule has 192 valence electrons. The van der Waals surface area contributed by atoms with Gasteiger partial charge in [-0.25, -0.2) is 0 Å². The summed E-state index contributed by atoms with van der Waals surface area (Å²) in [6, 6.07) is 7.52. The van der Waals surface area contributed by atoms with E-state index in [-0.39, 0.29) is 49.2 Å². The van der Waals surface area contributed by atoms with E-state index < -0.39 is 35.9 Å². The fourth-order valence-electron chi connectivity index (χ4n) is 5.26. The number of hydrogen-bond donors (Lipinski definition) is 1. The first-order valence-corrected chi connectivity index (χ1v) is 11.7. The van der Waals surface area contributed by atoms with Gasteiger partial charge in [0.05, 0.1) is 12.0 Å². The molecule has 1 unspecified atom stereocenters. The highest BCUT2D eigenvalue weighted by Crippen LogP contribution is 2.44. The van der Waals surface area contributed by atoms with Gasteiger partial charge in [0.1, 0.15) is 11.3 Å². The van der Waals surface area contributed by atoms with Crippen LogP contribution in [0.25, 0.3) is 10.8 Å². The molecule has 4 rings (SSSR count). The SMILES string of the molecule is O=C(O)CC1CCN(Cc2ccc3c(C(F)(F)F)c(O[C@H]4CC[C@@H](C(F)(F)F)CC4)ccc3c2)C1. The molecule has 0 bridgehead atoms. The number of likely N-dealkylation sites (tertiary alicyclic amines) is 1. The van der Waals surface area contributed by atoms with E-state index in [1.807, 2.05) is 0 Å².